The molecule has 0 heteroatoms. The number of hydrogen-bond donors (Lipinski definition) is 0. The van der Waals surface area contributed by atoms with Crippen molar-refractivity contribution in [3.63, 3.8) is 0 Å². The van der Waals surface area contributed by atoms with E-state index in [1.54, 1.807) is 0 Å². The van der Waals surface area contributed by atoms with Crippen LogP contribution in [0.1, 0.15) is 25.0 Å². The Morgan fingerprint density at radius 3 is 1.51 bits per heavy atom. The average molecular weight is 597 g/mol. The smallest absolute Gasteiger partial charge is 0.0171 e. The van der Waals surface area contributed by atoms with Gasteiger partial charge in [0, 0.05) is 5.41 Å². The van der Waals surface area contributed by atoms with E-state index < -0.39 is 0 Å². The van der Waals surface area contributed by atoms with Crippen molar-refractivity contribution < 1.29 is 0 Å². The maximum Gasteiger partial charge on any atom is 0.0171 e. The van der Waals surface area contributed by atoms with E-state index in [1.165, 1.54) is 98.4 Å². The molecule has 0 N–H and O–H groups in total. The van der Waals surface area contributed by atoms with Crippen molar-refractivity contribution in [3.05, 3.63) is 169 Å². The van der Waals surface area contributed by atoms with Gasteiger partial charge in [0.1, 0.15) is 0 Å². The van der Waals surface area contributed by atoms with Crippen molar-refractivity contribution in [1.82, 2.24) is 0 Å². The first kappa shape index (κ1) is 26.5. The lowest BCUT2D eigenvalue weighted by atomic mass is 9.76. The minimum absolute atomic E-state index is 0.163. The van der Waals surface area contributed by atoms with E-state index in [2.05, 4.69) is 172 Å². The molecule has 9 aromatic carbocycles. The summed E-state index contributed by atoms with van der Waals surface area (Å²) in [6.45, 7) is 4.84. The molecule has 0 bridgehead atoms. The Labute approximate surface area is 274 Å². The Kier molecular flexibility index (Phi) is 5.44. The fraction of sp³-hybridized carbons (Fsp3) is 0.0638. The quantitative estimate of drug-likeness (QED) is 0.138. The van der Waals surface area contributed by atoms with Crippen LogP contribution in [-0.4, -0.2) is 0 Å². The highest BCUT2D eigenvalue weighted by molar-refractivity contribution is 6.23. The molecule has 0 amide bonds. The molecular formula is C47H32. The summed E-state index contributed by atoms with van der Waals surface area (Å²) < 4.78 is 0. The van der Waals surface area contributed by atoms with Gasteiger partial charge in [-0.3, -0.25) is 0 Å². The Morgan fingerprint density at radius 2 is 0.809 bits per heavy atom. The molecule has 10 rings (SSSR count). The molecule has 0 aromatic heterocycles. The fourth-order valence-electron chi connectivity index (χ4n) is 8.85. The van der Waals surface area contributed by atoms with Gasteiger partial charge < -0.3 is 0 Å². The second kappa shape index (κ2) is 9.64. The molecule has 220 valence electrons. The van der Waals surface area contributed by atoms with E-state index in [0.717, 1.165) is 0 Å². The Hall–Kier alpha value is -5.72. The second-order valence-electron chi connectivity index (χ2n) is 13.6. The lowest BCUT2D eigenvalue weighted by Crippen LogP contribution is -2.17. The molecule has 0 heterocycles. The first-order chi connectivity index (χ1) is 23.1. The first-order valence-corrected chi connectivity index (χ1v) is 16.6. The van der Waals surface area contributed by atoms with Crippen LogP contribution >= 0.6 is 0 Å². The van der Waals surface area contributed by atoms with E-state index in [1.807, 2.05) is 0 Å². The Bertz CT molecular complexity index is 2700. The minimum atomic E-state index is -0.163. The van der Waals surface area contributed by atoms with Crippen molar-refractivity contribution in [1.29, 1.82) is 0 Å². The number of fused-ring (bicyclic) bond motifs is 10. The fourth-order valence-corrected chi connectivity index (χ4v) is 8.85. The van der Waals surface area contributed by atoms with Crippen LogP contribution in [0.4, 0.5) is 0 Å². The summed E-state index contributed by atoms with van der Waals surface area (Å²) in [6, 6.07) is 58.8. The largest absolute Gasteiger partial charge is 0.0616 e. The normalized spacial score (nSPS) is 13.5. The molecule has 0 saturated heterocycles. The topological polar surface area (TPSA) is 0 Å². The monoisotopic (exact) mass is 596 g/mol. The highest BCUT2D eigenvalue weighted by Crippen LogP contribution is 2.56. The van der Waals surface area contributed by atoms with Gasteiger partial charge in [0.15, 0.2) is 0 Å². The second-order valence-corrected chi connectivity index (χ2v) is 13.6. The first-order valence-electron chi connectivity index (χ1n) is 16.6. The van der Waals surface area contributed by atoms with Gasteiger partial charge in [-0.05, 0) is 104 Å². The molecule has 1 aliphatic carbocycles. The van der Waals surface area contributed by atoms with Gasteiger partial charge in [-0.25, -0.2) is 0 Å². The highest BCUT2D eigenvalue weighted by Gasteiger charge is 2.39. The predicted octanol–water partition coefficient (Wildman–Crippen LogP) is 13.1. The van der Waals surface area contributed by atoms with E-state index in [9.17, 15) is 0 Å². The SMILES string of the molecule is CC1(C)c2c(cccc2-c2c3ccccc3c(-c3ccc4c(ccc5ccccc54)c3)c3ccccc23)-c2ccc3ccccc3c21. The lowest BCUT2D eigenvalue weighted by Gasteiger charge is -2.27. The number of benzene rings is 9. The zero-order valence-electron chi connectivity index (χ0n) is 26.5. The van der Waals surface area contributed by atoms with Gasteiger partial charge >= 0.3 is 0 Å². The van der Waals surface area contributed by atoms with Gasteiger partial charge in [0.2, 0.25) is 0 Å². The number of rotatable bonds is 2. The molecule has 0 radical (unpaired) electrons. The van der Waals surface area contributed by atoms with E-state index in [-0.39, 0.29) is 5.41 Å². The maximum absolute atomic E-state index is 2.42. The molecular weight excluding hydrogens is 565 g/mol. The van der Waals surface area contributed by atoms with Crippen LogP contribution in [0.15, 0.2) is 158 Å². The summed E-state index contributed by atoms with van der Waals surface area (Å²) in [4.78, 5) is 0. The average Bonchev–Trinajstić information content (AvgIpc) is 3.37. The highest BCUT2D eigenvalue weighted by atomic mass is 14.4. The molecule has 47 heavy (non-hydrogen) atoms. The molecule has 1 aliphatic rings. The zero-order valence-corrected chi connectivity index (χ0v) is 26.5. The molecule has 0 atom stereocenters. The molecule has 9 aromatic rings. The van der Waals surface area contributed by atoms with Crippen molar-refractivity contribution in [3.8, 4) is 33.4 Å². The maximum atomic E-state index is 2.42. The molecule has 0 unspecified atom stereocenters. The van der Waals surface area contributed by atoms with E-state index >= 15 is 0 Å². The van der Waals surface area contributed by atoms with Crippen LogP contribution in [0.3, 0.4) is 0 Å². The third kappa shape index (κ3) is 3.64. The van der Waals surface area contributed by atoms with E-state index in [0.29, 0.717) is 0 Å². The van der Waals surface area contributed by atoms with Gasteiger partial charge in [0.05, 0.1) is 0 Å². The zero-order chi connectivity index (χ0) is 31.3. The van der Waals surface area contributed by atoms with Crippen LogP contribution in [0.2, 0.25) is 0 Å². The molecule has 0 aliphatic heterocycles. The number of hydrogen-bond acceptors (Lipinski definition) is 0. The predicted molar refractivity (Wildman–Crippen MR) is 202 cm³/mol. The summed E-state index contributed by atoms with van der Waals surface area (Å²) in [5, 5.41) is 13.0. The van der Waals surface area contributed by atoms with Crippen molar-refractivity contribution in [2.75, 3.05) is 0 Å². The summed E-state index contributed by atoms with van der Waals surface area (Å²) in [5.41, 5.74) is 10.6. The molecule has 0 fully saturated rings. The van der Waals surface area contributed by atoms with Gasteiger partial charge in [-0.2, -0.15) is 0 Å². The summed E-state index contributed by atoms with van der Waals surface area (Å²) in [7, 11) is 0. The Balaban J connectivity index is 1.28. The van der Waals surface area contributed by atoms with Gasteiger partial charge in [0.25, 0.3) is 0 Å². The van der Waals surface area contributed by atoms with Crippen LogP contribution in [-0.2, 0) is 5.41 Å². The van der Waals surface area contributed by atoms with Crippen LogP contribution in [0, 0.1) is 0 Å². The van der Waals surface area contributed by atoms with Crippen molar-refractivity contribution in [2.24, 2.45) is 0 Å². The molecule has 0 saturated carbocycles. The summed E-state index contributed by atoms with van der Waals surface area (Å²) in [6.07, 6.45) is 0. The minimum Gasteiger partial charge on any atom is -0.0616 e. The lowest BCUT2D eigenvalue weighted by molar-refractivity contribution is 0.668. The third-order valence-corrected chi connectivity index (χ3v) is 10.8. The third-order valence-electron chi connectivity index (χ3n) is 10.8. The summed E-state index contributed by atoms with van der Waals surface area (Å²) >= 11 is 0. The van der Waals surface area contributed by atoms with Gasteiger partial charge in [-0.1, -0.05) is 166 Å². The van der Waals surface area contributed by atoms with Crippen LogP contribution in [0.25, 0.3) is 87.2 Å². The molecule has 0 nitrogen and oxygen atoms in total. The summed E-state index contributed by atoms with van der Waals surface area (Å²) in [5.74, 6) is 0. The van der Waals surface area contributed by atoms with Gasteiger partial charge in [-0.15, -0.1) is 0 Å². The van der Waals surface area contributed by atoms with Crippen LogP contribution in [0.5, 0.6) is 0 Å². The molecule has 0 spiro atoms. The van der Waals surface area contributed by atoms with Crippen molar-refractivity contribution in [2.45, 2.75) is 19.3 Å². The Morgan fingerprint density at radius 1 is 0.319 bits per heavy atom. The van der Waals surface area contributed by atoms with Crippen LogP contribution < -0.4 is 0 Å². The van der Waals surface area contributed by atoms with E-state index in [4.69, 9.17) is 0 Å². The van der Waals surface area contributed by atoms with Crippen molar-refractivity contribution >= 4 is 53.9 Å². The standard InChI is InChI=1S/C47H32/c1-47(2)45-35-15-6-4-13-30(35)24-27-41(45)40-20-11-21-42(46(40)47)44-38-18-9-7-16-36(38)43(37-17-8-10-19-39(37)44)32-25-26-34-31(28-32)23-22-29-12-3-5-14-33(29)34/h3-28H,1-2H3.